The van der Waals surface area contributed by atoms with E-state index >= 15 is 0 Å². The molecule has 0 fully saturated rings. The van der Waals surface area contributed by atoms with Crippen LogP contribution in [0.4, 0.5) is 0 Å². The third kappa shape index (κ3) is 0.987. The van der Waals surface area contributed by atoms with Crippen molar-refractivity contribution in [3.63, 3.8) is 0 Å². The quantitative estimate of drug-likeness (QED) is 0.675. The van der Waals surface area contributed by atoms with Crippen LogP contribution in [0.15, 0.2) is 24.5 Å². The number of nitrogens with zero attached hydrogens (tertiary/aromatic N) is 2. The molecule has 1 heterocycles. The van der Waals surface area contributed by atoms with E-state index in [0.29, 0.717) is 16.1 Å². The standard InChI is InChI=1S/C8H5ClN2O/c9-5-1-2-6-7(8(5)12)11-4-3-10-6/h1-4,12H. The average molecular weight is 181 g/mol. The van der Waals surface area contributed by atoms with Crippen molar-refractivity contribution in [3.05, 3.63) is 29.5 Å². The predicted molar refractivity (Wildman–Crippen MR) is 46.2 cm³/mol. The maximum Gasteiger partial charge on any atom is 0.162 e. The van der Waals surface area contributed by atoms with Crippen LogP contribution in [0.2, 0.25) is 5.02 Å². The third-order valence-corrected chi connectivity index (χ3v) is 1.87. The van der Waals surface area contributed by atoms with Crippen LogP contribution in [0, 0.1) is 0 Å². The molecule has 1 aromatic carbocycles. The summed E-state index contributed by atoms with van der Waals surface area (Å²) in [5.74, 6) is -0.0118. The zero-order valence-electron chi connectivity index (χ0n) is 6.03. The molecule has 0 saturated heterocycles. The van der Waals surface area contributed by atoms with E-state index in [-0.39, 0.29) is 5.75 Å². The molecule has 0 bridgehead atoms. The van der Waals surface area contributed by atoms with Gasteiger partial charge in [-0.3, -0.25) is 4.98 Å². The maximum absolute atomic E-state index is 9.42. The van der Waals surface area contributed by atoms with Crippen LogP contribution in [0.1, 0.15) is 0 Å². The number of halogens is 1. The lowest BCUT2D eigenvalue weighted by Crippen LogP contribution is -1.82. The maximum atomic E-state index is 9.42. The zero-order chi connectivity index (χ0) is 8.55. The molecule has 0 aliphatic heterocycles. The van der Waals surface area contributed by atoms with E-state index in [1.807, 2.05) is 0 Å². The van der Waals surface area contributed by atoms with Crippen LogP contribution in [0.3, 0.4) is 0 Å². The first-order valence-corrected chi connectivity index (χ1v) is 3.75. The minimum absolute atomic E-state index is 0.0118. The number of rotatable bonds is 0. The van der Waals surface area contributed by atoms with Gasteiger partial charge in [0, 0.05) is 12.4 Å². The summed E-state index contributed by atoms with van der Waals surface area (Å²) >= 11 is 5.67. The fourth-order valence-electron chi connectivity index (χ4n) is 0.997. The lowest BCUT2D eigenvalue weighted by Gasteiger charge is -1.99. The normalized spacial score (nSPS) is 10.4. The van der Waals surface area contributed by atoms with Crippen LogP contribution in [0.5, 0.6) is 5.75 Å². The van der Waals surface area contributed by atoms with Gasteiger partial charge in [-0.1, -0.05) is 11.6 Å². The fraction of sp³-hybridized carbons (Fsp3) is 0. The van der Waals surface area contributed by atoms with Crippen molar-refractivity contribution >= 4 is 22.6 Å². The first kappa shape index (κ1) is 7.31. The molecule has 12 heavy (non-hydrogen) atoms. The predicted octanol–water partition coefficient (Wildman–Crippen LogP) is 1.99. The first-order chi connectivity index (χ1) is 5.79. The Kier molecular flexibility index (Phi) is 1.59. The minimum atomic E-state index is -0.0118. The smallest absolute Gasteiger partial charge is 0.162 e. The second kappa shape index (κ2) is 2.60. The summed E-state index contributed by atoms with van der Waals surface area (Å²) in [5.41, 5.74) is 1.07. The molecule has 60 valence electrons. The van der Waals surface area contributed by atoms with E-state index in [1.165, 1.54) is 6.20 Å². The molecular formula is C8H5ClN2O. The highest BCUT2D eigenvalue weighted by Gasteiger charge is 2.04. The minimum Gasteiger partial charge on any atom is -0.504 e. The first-order valence-electron chi connectivity index (χ1n) is 3.37. The summed E-state index contributed by atoms with van der Waals surface area (Å²) in [6, 6.07) is 3.30. The summed E-state index contributed by atoms with van der Waals surface area (Å²) in [5, 5.41) is 9.72. The van der Waals surface area contributed by atoms with Gasteiger partial charge in [0.15, 0.2) is 5.75 Å². The Balaban J connectivity index is 2.91. The second-order valence-electron chi connectivity index (χ2n) is 2.32. The summed E-state index contributed by atoms with van der Waals surface area (Å²) < 4.78 is 0. The molecular weight excluding hydrogens is 176 g/mol. The number of phenols is 1. The SMILES string of the molecule is Oc1c(Cl)ccc2nccnc12. The van der Waals surface area contributed by atoms with Gasteiger partial charge >= 0.3 is 0 Å². The zero-order valence-corrected chi connectivity index (χ0v) is 6.78. The molecule has 3 nitrogen and oxygen atoms in total. The van der Waals surface area contributed by atoms with Gasteiger partial charge in [0.2, 0.25) is 0 Å². The number of hydrogen-bond acceptors (Lipinski definition) is 3. The van der Waals surface area contributed by atoms with Crippen LogP contribution >= 0.6 is 11.6 Å². The number of fused-ring (bicyclic) bond motifs is 1. The van der Waals surface area contributed by atoms with Crippen LogP contribution < -0.4 is 0 Å². The number of benzene rings is 1. The highest BCUT2D eigenvalue weighted by molar-refractivity contribution is 6.33. The van der Waals surface area contributed by atoms with E-state index < -0.39 is 0 Å². The van der Waals surface area contributed by atoms with Gasteiger partial charge in [0.1, 0.15) is 5.52 Å². The van der Waals surface area contributed by atoms with E-state index in [0.717, 1.165) is 0 Å². The molecule has 2 aromatic rings. The molecule has 0 atom stereocenters. The highest BCUT2D eigenvalue weighted by Crippen LogP contribution is 2.28. The van der Waals surface area contributed by atoms with Crippen molar-refractivity contribution in [2.75, 3.05) is 0 Å². The third-order valence-electron chi connectivity index (χ3n) is 1.56. The Labute approximate surface area is 73.6 Å². The van der Waals surface area contributed by atoms with E-state index in [9.17, 15) is 5.11 Å². The van der Waals surface area contributed by atoms with Gasteiger partial charge < -0.3 is 5.11 Å². The number of aromatic hydroxyl groups is 1. The Morgan fingerprint density at radius 3 is 2.75 bits per heavy atom. The number of phenolic OH excluding ortho intramolecular Hbond substituents is 1. The largest absolute Gasteiger partial charge is 0.504 e. The fourth-order valence-corrected chi connectivity index (χ4v) is 1.15. The molecule has 0 amide bonds. The van der Waals surface area contributed by atoms with Crippen molar-refractivity contribution in [2.24, 2.45) is 0 Å². The molecule has 0 aliphatic rings. The van der Waals surface area contributed by atoms with Crippen LogP contribution in [-0.4, -0.2) is 15.1 Å². The summed E-state index contributed by atoms with van der Waals surface area (Å²) in [7, 11) is 0. The second-order valence-corrected chi connectivity index (χ2v) is 2.73. The molecule has 0 aliphatic carbocycles. The molecule has 4 heteroatoms. The summed E-state index contributed by atoms with van der Waals surface area (Å²) in [6.45, 7) is 0. The van der Waals surface area contributed by atoms with Crippen LogP contribution in [-0.2, 0) is 0 Å². The van der Waals surface area contributed by atoms with Gasteiger partial charge in [-0.25, -0.2) is 4.98 Å². The molecule has 2 rings (SSSR count). The lowest BCUT2D eigenvalue weighted by atomic mass is 10.3. The number of hydrogen-bond donors (Lipinski definition) is 1. The Morgan fingerprint density at radius 1 is 1.17 bits per heavy atom. The Hall–Kier alpha value is -1.35. The van der Waals surface area contributed by atoms with Crippen molar-refractivity contribution in [2.45, 2.75) is 0 Å². The van der Waals surface area contributed by atoms with Gasteiger partial charge in [0.25, 0.3) is 0 Å². The molecule has 1 N–H and O–H groups in total. The monoisotopic (exact) mass is 180 g/mol. The molecule has 0 spiro atoms. The number of aromatic nitrogens is 2. The van der Waals surface area contributed by atoms with E-state index in [4.69, 9.17) is 11.6 Å². The van der Waals surface area contributed by atoms with Crippen molar-refractivity contribution in [3.8, 4) is 5.75 Å². The molecule has 1 aromatic heterocycles. The Bertz CT molecular complexity index is 430. The summed E-state index contributed by atoms with van der Waals surface area (Å²) in [4.78, 5) is 7.95. The van der Waals surface area contributed by atoms with Gasteiger partial charge in [-0.05, 0) is 12.1 Å². The van der Waals surface area contributed by atoms with Gasteiger partial charge in [-0.2, -0.15) is 0 Å². The molecule has 0 radical (unpaired) electrons. The molecule has 0 unspecified atom stereocenters. The molecule has 0 saturated carbocycles. The van der Waals surface area contributed by atoms with Crippen molar-refractivity contribution < 1.29 is 5.11 Å². The van der Waals surface area contributed by atoms with Crippen molar-refractivity contribution in [1.29, 1.82) is 0 Å². The van der Waals surface area contributed by atoms with Crippen LogP contribution in [0.25, 0.3) is 11.0 Å². The van der Waals surface area contributed by atoms with Gasteiger partial charge in [0.05, 0.1) is 10.5 Å². The topological polar surface area (TPSA) is 46.0 Å². The van der Waals surface area contributed by atoms with Crippen molar-refractivity contribution in [1.82, 2.24) is 9.97 Å². The Morgan fingerprint density at radius 2 is 1.92 bits per heavy atom. The highest BCUT2D eigenvalue weighted by atomic mass is 35.5. The summed E-state index contributed by atoms with van der Waals surface area (Å²) in [6.07, 6.45) is 3.08. The average Bonchev–Trinajstić information content (AvgIpc) is 2.12. The van der Waals surface area contributed by atoms with Gasteiger partial charge in [-0.15, -0.1) is 0 Å². The lowest BCUT2D eigenvalue weighted by molar-refractivity contribution is 0.480. The van der Waals surface area contributed by atoms with E-state index in [2.05, 4.69) is 9.97 Å². The van der Waals surface area contributed by atoms with E-state index in [1.54, 1.807) is 18.3 Å².